The molecule has 0 bridgehead atoms. The molecule has 0 aliphatic rings. The van der Waals surface area contributed by atoms with E-state index in [4.69, 9.17) is 0 Å². The molecule has 0 fully saturated rings. The van der Waals surface area contributed by atoms with Gasteiger partial charge < -0.3 is 0 Å². The smallest absolute Gasteiger partial charge is 0.0108 e. The molecule has 0 saturated heterocycles. The Morgan fingerprint density at radius 3 is 2.08 bits per heavy atom. The van der Waals surface area contributed by atoms with Gasteiger partial charge in [-0.2, -0.15) is 0 Å². The van der Waals surface area contributed by atoms with E-state index in [1.54, 1.807) is 10.4 Å². The molecule has 0 aromatic carbocycles. The van der Waals surface area contributed by atoms with Crippen LogP contribution >= 0.6 is 11.3 Å². The van der Waals surface area contributed by atoms with Crippen LogP contribution in [-0.4, -0.2) is 0 Å². The zero-order valence-corrected chi connectivity index (χ0v) is 10.2. The van der Waals surface area contributed by atoms with Gasteiger partial charge in [0, 0.05) is 9.75 Å². The van der Waals surface area contributed by atoms with Crippen LogP contribution in [0.2, 0.25) is 0 Å². The predicted molar refractivity (Wildman–Crippen MR) is 61.9 cm³/mol. The van der Waals surface area contributed by atoms with Crippen LogP contribution < -0.4 is 0 Å². The first-order valence-corrected chi connectivity index (χ1v) is 6.00. The summed E-state index contributed by atoms with van der Waals surface area (Å²) in [6.45, 7) is 11.4. The average Bonchev–Trinajstić information content (AvgIpc) is 2.47. The zero-order valence-electron chi connectivity index (χ0n) is 9.35. The Morgan fingerprint density at radius 2 is 1.77 bits per heavy atom. The Balaban J connectivity index is 3.08. The van der Waals surface area contributed by atoms with Crippen molar-refractivity contribution in [2.24, 2.45) is 0 Å². The van der Waals surface area contributed by atoms with E-state index in [1.165, 1.54) is 11.3 Å². The molecule has 0 aliphatic carbocycles. The van der Waals surface area contributed by atoms with E-state index in [9.17, 15) is 0 Å². The highest BCUT2D eigenvalue weighted by atomic mass is 32.1. The van der Waals surface area contributed by atoms with E-state index in [2.05, 4.69) is 40.7 Å². The van der Waals surface area contributed by atoms with Crippen molar-refractivity contribution in [3.05, 3.63) is 21.4 Å². The molecule has 0 nitrogen and oxygen atoms in total. The summed E-state index contributed by atoms with van der Waals surface area (Å²) in [5.74, 6) is 1.36. The fraction of sp³-hybridized carbons (Fsp3) is 0.667. The standard InChI is InChI=1S/C12H20S/c1-6-10-7-11(8(2)3)12(13-10)9(4)5/h7-9H,6H2,1-5H3. The van der Waals surface area contributed by atoms with Crippen LogP contribution in [0, 0.1) is 0 Å². The van der Waals surface area contributed by atoms with Gasteiger partial charge in [0.2, 0.25) is 0 Å². The van der Waals surface area contributed by atoms with Crippen LogP contribution in [0.1, 0.15) is 61.8 Å². The highest BCUT2D eigenvalue weighted by Crippen LogP contribution is 2.34. The van der Waals surface area contributed by atoms with Gasteiger partial charge >= 0.3 is 0 Å². The Hall–Kier alpha value is -0.300. The minimum Gasteiger partial charge on any atom is -0.145 e. The fourth-order valence-electron chi connectivity index (χ4n) is 1.55. The molecule has 74 valence electrons. The third-order valence-electron chi connectivity index (χ3n) is 2.34. The van der Waals surface area contributed by atoms with Gasteiger partial charge in [-0.05, 0) is 29.9 Å². The van der Waals surface area contributed by atoms with Gasteiger partial charge in [0.1, 0.15) is 0 Å². The Labute approximate surface area is 86.0 Å². The summed E-state index contributed by atoms with van der Waals surface area (Å²) in [6, 6.07) is 2.39. The van der Waals surface area contributed by atoms with Gasteiger partial charge in [0.15, 0.2) is 0 Å². The first-order valence-electron chi connectivity index (χ1n) is 5.18. The van der Waals surface area contributed by atoms with Gasteiger partial charge in [-0.25, -0.2) is 0 Å². The second kappa shape index (κ2) is 4.28. The summed E-state index contributed by atoms with van der Waals surface area (Å²) < 4.78 is 0. The summed E-state index contributed by atoms with van der Waals surface area (Å²) >= 11 is 2.00. The average molecular weight is 196 g/mol. The summed E-state index contributed by atoms with van der Waals surface area (Å²) in [4.78, 5) is 3.12. The van der Waals surface area contributed by atoms with E-state index < -0.39 is 0 Å². The minimum absolute atomic E-state index is 0.675. The molecule has 0 atom stereocenters. The molecule has 0 N–H and O–H groups in total. The SMILES string of the molecule is CCc1cc(C(C)C)c(C(C)C)s1. The lowest BCUT2D eigenvalue weighted by molar-refractivity contribution is 0.809. The molecule has 0 aliphatic heterocycles. The normalized spacial score (nSPS) is 11.6. The fourth-order valence-corrected chi connectivity index (χ4v) is 2.81. The van der Waals surface area contributed by atoms with Crippen LogP contribution in [0.4, 0.5) is 0 Å². The van der Waals surface area contributed by atoms with Crippen molar-refractivity contribution >= 4 is 11.3 Å². The summed E-state index contributed by atoms with van der Waals surface area (Å²) in [5.41, 5.74) is 1.57. The summed E-state index contributed by atoms with van der Waals surface area (Å²) in [7, 11) is 0. The molecule has 1 aromatic rings. The lowest BCUT2D eigenvalue weighted by atomic mass is 9.99. The van der Waals surface area contributed by atoms with Gasteiger partial charge in [0.25, 0.3) is 0 Å². The van der Waals surface area contributed by atoms with Crippen molar-refractivity contribution in [1.29, 1.82) is 0 Å². The highest BCUT2D eigenvalue weighted by Gasteiger charge is 2.13. The minimum atomic E-state index is 0.675. The van der Waals surface area contributed by atoms with Crippen molar-refractivity contribution in [3.63, 3.8) is 0 Å². The number of rotatable bonds is 3. The molecular weight excluding hydrogens is 176 g/mol. The predicted octanol–water partition coefficient (Wildman–Crippen LogP) is 4.56. The highest BCUT2D eigenvalue weighted by molar-refractivity contribution is 7.12. The molecule has 0 unspecified atom stereocenters. The lowest BCUT2D eigenvalue weighted by Crippen LogP contribution is -1.91. The van der Waals surface area contributed by atoms with E-state index in [1.807, 2.05) is 11.3 Å². The first kappa shape index (κ1) is 10.8. The zero-order chi connectivity index (χ0) is 10.0. The monoisotopic (exact) mass is 196 g/mol. The van der Waals surface area contributed by atoms with Crippen LogP contribution in [-0.2, 0) is 6.42 Å². The Morgan fingerprint density at radius 1 is 1.15 bits per heavy atom. The van der Waals surface area contributed by atoms with Crippen LogP contribution in [0.25, 0.3) is 0 Å². The van der Waals surface area contributed by atoms with Crippen molar-refractivity contribution in [2.45, 2.75) is 52.9 Å². The quantitative estimate of drug-likeness (QED) is 0.665. The summed E-state index contributed by atoms with van der Waals surface area (Å²) in [6.07, 6.45) is 1.18. The molecule has 0 amide bonds. The molecule has 0 spiro atoms. The molecular formula is C12H20S. The van der Waals surface area contributed by atoms with Crippen molar-refractivity contribution in [3.8, 4) is 0 Å². The van der Waals surface area contributed by atoms with Gasteiger partial charge in [-0.3, -0.25) is 0 Å². The van der Waals surface area contributed by atoms with E-state index in [0.29, 0.717) is 11.8 Å². The van der Waals surface area contributed by atoms with Gasteiger partial charge in [0.05, 0.1) is 0 Å². The van der Waals surface area contributed by atoms with E-state index in [0.717, 1.165) is 0 Å². The van der Waals surface area contributed by atoms with Crippen molar-refractivity contribution in [2.75, 3.05) is 0 Å². The maximum absolute atomic E-state index is 2.39. The van der Waals surface area contributed by atoms with E-state index in [-0.39, 0.29) is 0 Å². The molecule has 1 aromatic heterocycles. The Kier molecular flexibility index (Phi) is 3.55. The van der Waals surface area contributed by atoms with Crippen LogP contribution in [0.5, 0.6) is 0 Å². The van der Waals surface area contributed by atoms with Crippen LogP contribution in [0.15, 0.2) is 6.07 Å². The molecule has 1 heterocycles. The topological polar surface area (TPSA) is 0 Å². The lowest BCUT2D eigenvalue weighted by Gasteiger charge is -2.08. The van der Waals surface area contributed by atoms with Gasteiger partial charge in [-0.15, -0.1) is 11.3 Å². The number of hydrogen-bond acceptors (Lipinski definition) is 1. The maximum atomic E-state index is 2.39. The third-order valence-corrected chi connectivity index (χ3v) is 3.93. The van der Waals surface area contributed by atoms with Crippen LogP contribution in [0.3, 0.4) is 0 Å². The van der Waals surface area contributed by atoms with E-state index >= 15 is 0 Å². The summed E-state index contributed by atoms with van der Waals surface area (Å²) in [5, 5.41) is 0. The van der Waals surface area contributed by atoms with Crippen molar-refractivity contribution in [1.82, 2.24) is 0 Å². The molecule has 0 radical (unpaired) electrons. The van der Waals surface area contributed by atoms with Gasteiger partial charge in [-0.1, -0.05) is 34.6 Å². The second-order valence-electron chi connectivity index (χ2n) is 4.20. The number of hydrogen-bond donors (Lipinski definition) is 0. The van der Waals surface area contributed by atoms with Crippen molar-refractivity contribution < 1.29 is 0 Å². The third kappa shape index (κ3) is 2.34. The Bertz CT molecular complexity index is 243. The molecule has 1 heteroatoms. The molecule has 13 heavy (non-hydrogen) atoms. The number of aryl methyl sites for hydroxylation is 1. The largest absolute Gasteiger partial charge is 0.145 e. The molecule has 0 saturated carbocycles. The maximum Gasteiger partial charge on any atom is 0.0108 e. The second-order valence-corrected chi connectivity index (χ2v) is 5.36. The first-order chi connectivity index (χ1) is 6.06. The number of thiophene rings is 1. The molecule has 1 rings (SSSR count).